The molecule has 7 nitrogen and oxygen atoms in total. The first-order chi connectivity index (χ1) is 18.4. The van der Waals surface area contributed by atoms with Crippen LogP contribution in [-0.4, -0.2) is 49.9 Å². The first-order valence-electron chi connectivity index (χ1n) is 15.1. The summed E-state index contributed by atoms with van der Waals surface area (Å²) in [5.41, 5.74) is -2.42. The molecule has 4 rings (SSSR count). The van der Waals surface area contributed by atoms with Crippen LogP contribution in [0.5, 0.6) is 0 Å². The van der Waals surface area contributed by atoms with Gasteiger partial charge in [0.15, 0.2) is 0 Å². The van der Waals surface area contributed by atoms with Crippen molar-refractivity contribution < 1.29 is 33.7 Å². The monoisotopic (exact) mass is 560 g/mol. The fourth-order valence-corrected chi connectivity index (χ4v) is 10.6. The van der Waals surface area contributed by atoms with Gasteiger partial charge in [0, 0.05) is 5.92 Å². The third-order valence-corrected chi connectivity index (χ3v) is 13.3. The quantitative estimate of drug-likeness (QED) is 0.255. The second-order valence-electron chi connectivity index (χ2n) is 15.0. The van der Waals surface area contributed by atoms with Crippen molar-refractivity contribution in [1.82, 2.24) is 0 Å². The molecule has 226 valence electrons. The Hall–Kier alpha value is -1.89. The Morgan fingerprint density at radius 1 is 0.950 bits per heavy atom. The van der Waals surface area contributed by atoms with E-state index in [2.05, 4.69) is 33.8 Å². The molecule has 0 aromatic carbocycles. The van der Waals surface area contributed by atoms with Crippen molar-refractivity contribution in [1.29, 1.82) is 0 Å². The standard InChI is InChI=1S/C33H52O7/c1-20-13-16-33(27(36)40-10)18-17-30(5)21(25(33)32(20,7)37)11-12-23-29(4,19-24(34)38-8)22(14-15-31(23,30)6)28(2,3)26(35)39-9/h11,20,22-23,25,37H,12-19H2,1-10H3/t20-,22-,23+,25+,29+,30-,31-,32-,33+/m1/s1. The summed E-state index contributed by atoms with van der Waals surface area (Å²) in [5, 5.41) is 12.1. The average molecular weight is 561 g/mol. The van der Waals surface area contributed by atoms with E-state index in [0.717, 1.165) is 25.7 Å². The summed E-state index contributed by atoms with van der Waals surface area (Å²) in [6, 6.07) is 0. The molecule has 9 atom stereocenters. The summed E-state index contributed by atoms with van der Waals surface area (Å²) in [6.07, 6.45) is 7.83. The van der Waals surface area contributed by atoms with Crippen LogP contribution in [0.1, 0.15) is 99.8 Å². The van der Waals surface area contributed by atoms with Gasteiger partial charge < -0.3 is 19.3 Å². The van der Waals surface area contributed by atoms with Crippen molar-refractivity contribution in [2.24, 2.45) is 50.7 Å². The zero-order valence-electron chi connectivity index (χ0n) is 26.4. The first kappa shape index (κ1) is 31.1. The van der Waals surface area contributed by atoms with Crippen LogP contribution in [-0.2, 0) is 28.6 Å². The number of rotatable bonds is 5. The number of methoxy groups -OCH3 is 3. The van der Waals surface area contributed by atoms with E-state index in [1.807, 2.05) is 20.8 Å². The third kappa shape index (κ3) is 3.95. The second kappa shape index (κ2) is 9.84. The van der Waals surface area contributed by atoms with E-state index in [0.29, 0.717) is 19.3 Å². The molecule has 0 unspecified atom stereocenters. The molecule has 3 fully saturated rings. The van der Waals surface area contributed by atoms with Gasteiger partial charge in [-0.05, 0) is 99.7 Å². The lowest BCUT2D eigenvalue weighted by Gasteiger charge is -2.70. The molecular formula is C33H52O7. The Morgan fingerprint density at radius 3 is 2.17 bits per heavy atom. The smallest absolute Gasteiger partial charge is 0.312 e. The van der Waals surface area contributed by atoms with Gasteiger partial charge in [-0.15, -0.1) is 0 Å². The van der Waals surface area contributed by atoms with E-state index >= 15 is 0 Å². The minimum absolute atomic E-state index is 0.0465. The maximum atomic E-state index is 13.5. The van der Waals surface area contributed by atoms with Crippen LogP contribution in [0.25, 0.3) is 0 Å². The van der Waals surface area contributed by atoms with Gasteiger partial charge in [0.1, 0.15) is 0 Å². The van der Waals surface area contributed by atoms with Gasteiger partial charge in [0.25, 0.3) is 0 Å². The van der Waals surface area contributed by atoms with Crippen LogP contribution < -0.4 is 0 Å². The fraction of sp³-hybridized carbons (Fsp3) is 0.848. The van der Waals surface area contributed by atoms with E-state index in [9.17, 15) is 19.5 Å². The molecule has 0 spiro atoms. The molecule has 0 aliphatic heterocycles. The highest BCUT2D eigenvalue weighted by Crippen LogP contribution is 2.75. The number of fused-ring (bicyclic) bond motifs is 5. The highest BCUT2D eigenvalue weighted by atomic mass is 16.5. The predicted octanol–water partition coefficient (Wildman–Crippen LogP) is 5.87. The molecule has 4 aliphatic carbocycles. The fourth-order valence-electron chi connectivity index (χ4n) is 10.6. The lowest BCUT2D eigenvalue weighted by molar-refractivity contribution is -0.208. The minimum Gasteiger partial charge on any atom is -0.469 e. The summed E-state index contributed by atoms with van der Waals surface area (Å²) >= 11 is 0. The van der Waals surface area contributed by atoms with Crippen LogP contribution in [0.2, 0.25) is 0 Å². The van der Waals surface area contributed by atoms with Gasteiger partial charge in [0.05, 0.1) is 44.2 Å². The molecule has 40 heavy (non-hydrogen) atoms. The molecule has 0 radical (unpaired) electrons. The Morgan fingerprint density at radius 2 is 1.60 bits per heavy atom. The maximum Gasteiger partial charge on any atom is 0.312 e. The molecule has 0 bridgehead atoms. The SMILES string of the molecule is COC(=O)C[C@@]1(C)[C@@H](C(C)(C)C(=O)OC)CC[C@]2(C)[C@H]1CC=C1[C@@H]3[C@](C(=O)OC)(CC[C@@H](C)[C@@]3(C)O)CC[C@]12C. The molecule has 4 aliphatic rings. The summed E-state index contributed by atoms with van der Waals surface area (Å²) in [5.74, 6) is -1.02. The summed E-state index contributed by atoms with van der Waals surface area (Å²) in [4.78, 5) is 39.5. The van der Waals surface area contributed by atoms with Gasteiger partial charge in [-0.1, -0.05) is 39.3 Å². The predicted molar refractivity (Wildman–Crippen MR) is 152 cm³/mol. The summed E-state index contributed by atoms with van der Waals surface area (Å²) < 4.78 is 15.9. The number of carbonyl (C=O) groups excluding carboxylic acids is 3. The molecule has 1 N–H and O–H groups in total. The first-order valence-corrected chi connectivity index (χ1v) is 15.1. The van der Waals surface area contributed by atoms with E-state index in [1.165, 1.54) is 26.9 Å². The molecular weight excluding hydrogens is 508 g/mol. The third-order valence-electron chi connectivity index (χ3n) is 13.3. The normalized spacial score (nSPS) is 44.7. The lowest BCUT2D eigenvalue weighted by Crippen LogP contribution is -2.67. The van der Waals surface area contributed by atoms with Crippen LogP contribution in [0.4, 0.5) is 0 Å². The molecule has 0 aromatic rings. The average Bonchev–Trinajstić information content (AvgIpc) is 2.89. The van der Waals surface area contributed by atoms with E-state index in [-0.39, 0.29) is 58.8 Å². The van der Waals surface area contributed by atoms with Crippen LogP contribution in [0.15, 0.2) is 11.6 Å². The molecule has 0 saturated heterocycles. The number of hydrogen-bond acceptors (Lipinski definition) is 7. The summed E-state index contributed by atoms with van der Waals surface area (Å²) in [7, 11) is 4.32. The van der Waals surface area contributed by atoms with Gasteiger partial charge in [-0.25, -0.2) is 0 Å². The molecule has 0 aromatic heterocycles. The van der Waals surface area contributed by atoms with E-state index < -0.39 is 21.8 Å². The molecule has 0 heterocycles. The largest absolute Gasteiger partial charge is 0.469 e. The lowest BCUT2D eigenvalue weighted by atomic mass is 9.34. The van der Waals surface area contributed by atoms with Crippen molar-refractivity contribution in [3.05, 3.63) is 11.6 Å². The van der Waals surface area contributed by atoms with Gasteiger partial charge in [-0.3, -0.25) is 14.4 Å². The van der Waals surface area contributed by atoms with E-state index in [1.54, 1.807) is 0 Å². The Balaban J connectivity index is 1.90. The number of ether oxygens (including phenoxy) is 3. The molecule has 0 amide bonds. The summed E-state index contributed by atoms with van der Waals surface area (Å²) in [6.45, 7) is 14.7. The number of hydrogen-bond donors (Lipinski definition) is 1. The van der Waals surface area contributed by atoms with Crippen molar-refractivity contribution in [2.75, 3.05) is 21.3 Å². The van der Waals surface area contributed by atoms with Gasteiger partial charge in [0.2, 0.25) is 0 Å². The number of aliphatic hydroxyl groups is 1. The Labute approximate surface area is 240 Å². The Kier molecular flexibility index (Phi) is 7.64. The van der Waals surface area contributed by atoms with Gasteiger partial charge >= 0.3 is 17.9 Å². The van der Waals surface area contributed by atoms with Crippen molar-refractivity contribution in [2.45, 2.75) is 105 Å². The number of carbonyl (C=O) groups is 3. The topological polar surface area (TPSA) is 99.1 Å². The number of esters is 3. The van der Waals surface area contributed by atoms with Crippen LogP contribution >= 0.6 is 0 Å². The number of allylic oxidation sites excluding steroid dienone is 1. The highest BCUT2D eigenvalue weighted by molar-refractivity contribution is 5.79. The van der Waals surface area contributed by atoms with Crippen molar-refractivity contribution >= 4 is 17.9 Å². The highest BCUT2D eigenvalue weighted by Gasteiger charge is 2.71. The van der Waals surface area contributed by atoms with Gasteiger partial charge in [-0.2, -0.15) is 0 Å². The van der Waals surface area contributed by atoms with Crippen LogP contribution in [0.3, 0.4) is 0 Å². The molecule has 7 heteroatoms. The zero-order valence-corrected chi connectivity index (χ0v) is 26.4. The Bertz CT molecular complexity index is 1090. The van der Waals surface area contributed by atoms with Crippen LogP contribution in [0, 0.1) is 50.7 Å². The maximum absolute atomic E-state index is 13.5. The van der Waals surface area contributed by atoms with Crippen molar-refractivity contribution in [3.63, 3.8) is 0 Å². The van der Waals surface area contributed by atoms with E-state index in [4.69, 9.17) is 14.2 Å². The zero-order chi connectivity index (χ0) is 30.1. The second-order valence-corrected chi connectivity index (χ2v) is 15.0. The minimum atomic E-state index is -1.05. The molecule has 3 saturated carbocycles. The van der Waals surface area contributed by atoms with Crippen molar-refractivity contribution in [3.8, 4) is 0 Å².